The molecule has 2 atom stereocenters. The van der Waals surface area contributed by atoms with Gasteiger partial charge in [0.25, 0.3) is 0 Å². The van der Waals surface area contributed by atoms with E-state index in [1.807, 2.05) is 48.7 Å². The summed E-state index contributed by atoms with van der Waals surface area (Å²) in [6.07, 6.45) is 3.21. The standard InChI is InChI=1S/C27H26N2O4S/c1-17(31)18-6-8-19(9-7-18)21-12-20-10-11-33-27(20)26(14-21)34(32)29-23(16-30)13-22-15-28-25-5-3-2-4-24(22)25/h2-9,12,14-15,23,28-30H,10-11,13,16H2,1H3/t23-,34?/m1/s1. The van der Waals surface area contributed by atoms with E-state index in [9.17, 15) is 14.1 Å². The van der Waals surface area contributed by atoms with Crippen LogP contribution in [0, 0.1) is 0 Å². The zero-order valence-electron chi connectivity index (χ0n) is 18.8. The molecule has 0 spiro atoms. The molecule has 0 saturated heterocycles. The molecule has 1 unspecified atom stereocenters. The number of nitrogens with one attached hydrogen (secondary N) is 2. The Morgan fingerprint density at radius 3 is 2.71 bits per heavy atom. The van der Waals surface area contributed by atoms with Crippen LogP contribution in [-0.2, 0) is 23.8 Å². The van der Waals surface area contributed by atoms with Crippen molar-refractivity contribution >= 4 is 27.7 Å². The van der Waals surface area contributed by atoms with Gasteiger partial charge in [0, 0.05) is 35.1 Å². The number of carbonyl (C=O) groups is 1. The molecule has 0 saturated carbocycles. The number of rotatable bonds is 8. The van der Waals surface area contributed by atoms with Crippen LogP contribution in [0.4, 0.5) is 0 Å². The van der Waals surface area contributed by atoms with Crippen molar-refractivity contribution < 1.29 is 18.8 Å². The van der Waals surface area contributed by atoms with E-state index in [4.69, 9.17) is 4.74 Å². The smallest absolute Gasteiger partial charge is 0.159 e. The number of aromatic nitrogens is 1. The Kier molecular flexibility index (Phi) is 6.32. The summed E-state index contributed by atoms with van der Waals surface area (Å²) in [5.41, 5.74) is 5.61. The minimum atomic E-state index is -1.59. The van der Waals surface area contributed by atoms with Crippen molar-refractivity contribution in [1.82, 2.24) is 9.71 Å². The number of aliphatic hydroxyl groups excluding tert-OH is 1. The number of hydrogen-bond donors (Lipinski definition) is 3. The molecule has 1 aliphatic rings. The number of aliphatic hydroxyl groups is 1. The Morgan fingerprint density at radius 1 is 1.15 bits per heavy atom. The number of benzene rings is 3. The number of hydrogen-bond acceptors (Lipinski definition) is 4. The molecular formula is C27H26N2O4S. The van der Waals surface area contributed by atoms with Crippen LogP contribution < -0.4 is 9.46 Å². The largest absolute Gasteiger partial charge is 0.492 e. The predicted molar refractivity (Wildman–Crippen MR) is 134 cm³/mol. The number of para-hydroxylation sites is 1. The summed E-state index contributed by atoms with van der Waals surface area (Å²) >= 11 is 0. The number of fused-ring (bicyclic) bond motifs is 2. The van der Waals surface area contributed by atoms with E-state index in [2.05, 4.69) is 15.8 Å². The average molecular weight is 475 g/mol. The number of Topliss-reactive ketones (excluding diaryl/α,β-unsaturated/α-hetero) is 1. The lowest BCUT2D eigenvalue weighted by Crippen LogP contribution is -2.36. The summed E-state index contributed by atoms with van der Waals surface area (Å²) in [7, 11) is -1.59. The molecule has 3 aromatic carbocycles. The third-order valence-corrected chi connectivity index (χ3v) is 7.46. The van der Waals surface area contributed by atoms with E-state index in [1.165, 1.54) is 0 Å². The van der Waals surface area contributed by atoms with Crippen molar-refractivity contribution in [2.45, 2.75) is 30.7 Å². The lowest BCUT2D eigenvalue weighted by molar-refractivity contribution is 0.101. The van der Waals surface area contributed by atoms with E-state index in [0.29, 0.717) is 29.2 Å². The van der Waals surface area contributed by atoms with Crippen molar-refractivity contribution in [3.8, 4) is 16.9 Å². The Hall–Kier alpha value is -3.26. The number of ether oxygens (including phenoxy) is 1. The first-order valence-electron chi connectivity index (χ1n) is 11.3. The Labute approximate surface area is 200 Å². The quantitative estimate of drug-likeness (QED) is 0.334. The fraction of sp³-hybridized carbons (Fsp3) is 0.222. The van der Waals surface area contributed by atoms with Crippen LogP contribution in [0.5, 0.6) is 5.75 Å². The minimum Gasteiger partial charge on any atom is -0.492 e. The molecule has 3 N–H and O–H groups in total. The van der Waals surface area contributed by atoms with Gasteiger partial charge in [0.2, 0.25) is 0 Å². The minimum absolute atomic E-state index is 0.0187. The third-order valence-electron chi connectivity index (χ3n) is 6.21. The first-order chi connectivity index (χ1) is 16.5. The molecule has 34 heavy (non-hydrogen) atoms. The van der Waals surface area contributed by atoms with Gasteiger partial charge in [-0.3, -0.25) is 4.79 Å². The van der Waals surface area contributed by atoms with Crippen LogP contribution in [-0.4, -0.2) is 39.3 Å². The van der Waals surface area contributed by atoms with E-state index < -0.39 is 17.0 Å². The summed E-state index contributed by atoms with van der Waals surface area (Å²) in [4.78, 5) is 15.4. The van der Waals surface area contributed by atoms with Crippen molar-refractivity contribution in [2.75, 3.05) is 13.2 Å². The average Bonchev–Trinajstić information content (AvgIpc) is 3.50. The van der Waals surface area contributed by atoms with Crippen LogP contribution in [0.15, 0.2) is 71.8 Å². The third kappa shape index (κ3) is 4.42. The Balaban J connectivity index is 1.41. The molecule has 1 aliphatic heterocycles. The van der Waals surface area contributed by atoms with E-state index in [0.717, 1.165) is 39.6 Å². The Morgan fingerprint density at radius 2 is 1.94 bits per heavy atom. The number of H-pyrrole nitrogens is 1. The highest BCUT2D eigenvalue weighted by Crippen LogP contribution is 2.36. The van der Waals surface area contributed by atoms with Crippen LogP contribution in [0.2, 0.25) is 0 Å². The van der Waals surface area contributed by atoms with Crippen molar-refractivity contribution in [3.63, 3.8) is 0 Å². The zero-order valence-corrected chi connectivity index (χ0v) is 19.7. The van der Waals surface area contributed by atoms with Crippen molar-refractivity contribution in [3.05, 3.63) is 83.6 Å². The van der Waals surface area contributed by atoms with Gasteiger partial charge in [0.05, 0.1) is 18.1 Å². The van der Waals surface area contributed by atoms with Gasteiger partial charge in [-0.25, -0.2) is 8.93 Å². The summed E-state index contributed by atoms with van der Waals surface area (Å²) in [5.74, 6) is 0.670. The first kappa shape index (κ1) is 22.5. The maximum atomic E-state index is 13.4. The van der Waals surface area contributed by atoms with Gasteiger partial charge in [0.1, 0.15) is 16.7 Å². The van der Waals surface area contributed by atoms with Gasteiger partial charge in [-0.2, -0.15) is 0 Å². The van der Waals surface area contributed by atoms with Gasteiger partial charge in [0.15, 0.2) is 5.78 Å². The molecule has 6 nitrogen and oxygen atoms in total. The molecule has 0 amide bonds. The normalized spacial score (nSPS) is 14.5. The summed E-state index contributed by atoms with van der Waals surface area (Å²) in [5, 5.41) is 11.1. The highest BCUT2D eigenvalue weighted by atomic mass is 32.2. The van der Waals surface area contributed by atoms with Crippen LogP contribution in [0.25, 0.3) is 22.0 Å². The van der Waals surface area contributed by atoms with Gasteiger partial charge in [-0.05, 0) is 53.8 Å². The second-order valence-corrected chi connectivity index (χ2v) is 9.74. The van der Waals surface area contributed by atoms with Gasteiger partial charge in [-0.15, -0.1) is 0 Å². The summed E-state index contributed by atoms with van der Waals surface area (Å²) < 4.78 is 22.4. The fourth-order valence-corrected chi connectivity index (χ4v) is 5.58. The second kappa shape index (κ2) is 9.54. The summed E-state index contributed by atoms with van der Waals surface area (Å²) in [6.45, 7) is 1.94. The molecule has 7 heteroatoms. The SMILES string of the molecule is CC(=O)c1ccc(-c2cc3c(c(S(=O)N[C@@H](CO)Cc4c[nH]c5ccccc45)c2)OCC3)cc1. The lowest BCUT2D eigenvalue weighted by Gasteiger charge is -2.17. The summed E-state index contributed by atoms with van der Waals surface area (Å²) in [6, 6.07) is 19.0. The van der Waals surface area contributed by atoms with Gasteiger partial charge < -0.3 is 14.8 Å². The zero-order chi connectivity index (χ0) is 23.7. The molecule has 5 rings (SSSR count). The first-order valence-corrected chi connectivity index (χ1v) is 12.4. The van der Waals surface area contributed by atoms with Crippen molar-refractivity contribution in [2.24, 2.45) is 0 Å². The number of ketones is 1. The fourth-order valence-electron chi connectivity index (χ4n) is 4.40. The van der Waals surface area contributed by atoms with Crippen molar-refractivity contribution in [1.29, 1.82) is 0 Å². The number of carbonyl (C=O) groups excluding carboxylic acids is 1. The van der Waals surface area contributed by atoms with Crippen LogP contribution in [0.1, 0.15) is 28.4 Å². The molecule has 0 aliphatic carbocycles. The predicted octanol–water partition coefficient (Wildman–Crippen LogP) is 4.19. The molecule has 0 bridgehead atoms. The lowest BCUT2D eigenvalue weighted by atomic mass is 10.00. The molecule has 4 aromatic rings. The topological polar surface area (TPSA) is 91.4 Å². The molecule has 2 heterocycles. The molecular weight excluding hydrogens is 448 g/mol. The maximum Gasteiger partial charge on any atom is 0.159 e. The molecule has 174 valence electrons. The molecule has 1 aromatic heterocycles. The second-order valence-electron chi connectivity index (χ2n) is 8.52. The van der Waals surface area contributed by atoms with E-state index >= 15 is 0 Å². The molecule has 0 radical (unpaired) electrons. The van der Waals surface area contributed by atoms with E-state index in [-0.39, 0.29) is 12.4 Å². The van der Waals surface area contributed by atoms with Crippen LogP contribution >= 0.6 is 0 Å². The highest BCUT2D eigenvalue weighted by molar-refractivity contribution is 7.83. The highest BCUT2D eigenvalue weighted by Gasteiger charge is 2.24. The monoisotopic (exact) mass is 474 g/mol. The van der Waals surface area contributed by atoms with Gasteiger partial charge >= 0.3 is 0 Å². The van der Waals surface area contributed by atoms with E-state index in [1.54, 1.807) is 19.1 Å². The maximum absolute atomic E-state index is 13.4. The van der Waals surface area contributed by atoms with Gasteiger partial charge in [-0.1, -0.05) is 42.5 Å². The Bertz CT molecular complexity index is 1380. The van der Waals surface area contributed by atoms with Crippen LogP contribution in [0.3, 0.4) is 0 Å². The molecule has 0 fully saturated rings. The number of aromatic amines is 1.